The maximum atomic E-state index is 12.1. The first-order chi connectivity index (χ1) is 18.1. The lowest BCUT2D eigenvalue weighted by Crippen LogP contribution is -2.44. The Labute approximate surface area is 219 Å². The summed E-state index contributed by atoms with van der Waals surface area (Å²) >= 11 is 0. The second-order valence-electron chi connectivity index (χ2n) is 8.97. The summed E-state index contributed by atoms with van der Waals surface area (Å²) in [7, 11) is -16.8. The molecule has 4 heterocycles. The van der Waals surface area contributed by atoms with Crippen LogP contribution in [-0.4, -0.2) is 68.7 Å². The van der Waals surface area contributed by atoms with Crippen LogP contribution in [0.25, 0.3) is 22.2 Å². The van der Waals surface area contributed by atoms with Gasteiger partial charge in [-0.25, -0.2) is 23.7 Å². The SMILES string of the molecule is C[C@@]1(O)[C@H](O)[C@@H](COP(=O)(O)OP(=O)(O)OP(=O)(O)O)O[C@H]1n1cc2c3c(ncnc31)NCc1ccccc1-2. The van der Waals surface area contributed by atoms with Gasteiger partial charge in [-0.15, -0.1) is 0 Å². The number of rotatable bonds is 8. The van der Waals surface area contributed by atoms with Crippen molar-refractivity contribution in [2.24, 2.45) is 0 Å². The molecular weight excluding hydrogens is 585 g/mol. The minimum absolute atomic E-state index is 0.352. The molecule has 1 aromatic carbocycles. The Bertz CT molecular complexity index is 1570. The van der Waals surface area contributed by atoms with E-state index in [4.69, 9.17) is 14.5 Å². The van der Waals surface area contributed by atoms with Gasteiger partial charge in [-0.05, 0) is 18.1 Å². The minimum atomic E-state index is -5.73. The molecule has 2 aliphatic heterocycles. The van der Waals surface area contributed by atoms with Gasteiger partial charge in [0.15, 0.2) is 6.23 Å². The molecule has 20 heteroatoms. The van der Waals surface area contributed by atoms with Crippen molar-refractivity contribution in [3.63, 3.8) is 0 Å². The quantitative estimate of drug-likeness (QED) is 0.178. The Morgan fingerprint density at radius 1 is 1.10 bits per heavy atom. The lowest BCUT2D eigenvalue weighted by molar-refractivity contribution is -0.0946. The fourth-order valence-corrected chi connectivity index (χ4v) is 7.60. The number of fused-ring (bicyclic) bond motifs is 2. The number of hydrogen-bond acceptors (Lipinski definition) is 12. The molecule has 0 amide bonds. The zero-order chi connectivity index (χ0) is 28.4. The van der Waals surface area contributed by atoms with Gasteiger partial charge >= 0.3 is 23.5 Å². The Hall–Kier alpha value is -2.07. The largest absolute Gasteiger partial charge is 0.490 e. The molecule has 2 aromatic heterocycles. The molecule has 0 spiro atoms. The molecule has 1 saturated heterocycles. The number of ether oxygens (including phenoxy) is 1. The van der Waals surface area contributed by atoms with E-state index in [2.05, 4.69) is 28.4 Å². The molecule has 0 radical (unpaired) electrons. The molecule has 7 N–H and O–H groups in total. The van der Waals surface area contributed by atoms with E-state index in [9.17, 15) is 33.7 Å². The number of aliphatic hydroxyl groups excluding tert-OH is 1. The highest BCUT2D eigenvalue weighted by Crippen LogP contribution is 2.66. The summed E-state index contributed by atoms with van der Waals surface area (Å²) < 4.78 is 53.7. The molecule has 2 aliphatic rings. The normalized spacial score (nSPS) is 27.8. The number of phosphoric acid groups is 3. The molecule has 6 atom stereocenters. The first-order valence-corrected chi connectivity index (χ1v) is 15.6. The van der Waals surface area contributed by atoms with E-state index >= 15 is 0 Å². The summed E-state index contributed by atoms with van der Waals surface area (Å²) in [4.78, 5) is 45.0. The molecule has 39 heavy (non-hydrogen) atoms. The van der Waals surface area contributed by atoms with Crippen molar-refractivity contribution in [2.75, 3.05) is 11.9 Å². The molecule has 0 aliphatic carbocycles. The van der Waals surface area contributed by atoms with E-state index in [1.54, 1.807) is 6.20 Å². The van der Waals surface area contributed by atoms with Crippen LogP contribution in [0.5, 0.6) is 0 Å². The zero-order valence-corrected chi connectivity index (χ0v) is 22.5. The fraction of sp³-hybridized carbons (Fsp3) is 0.368. The molecule has 0 bridgehead atoms. The molecule has 1 fully saturated rings. The second-order valence-corrected chi connectivity index (χ2v) is 13.4. The lowest BCUT2D eigenvalue weighted by atomic mass is 9.96. The van der Waals surface area contributed by atoms with E-state index in [1.807, 2.05) is 24.3 Å². The number of benzene rings is 1. The number of nitrogens with one attached hydrogen (secondary N) is 1. The average molecular weight is 608 g/mol. The topological polar surface area (TPSA) is 252 Å². The Kier molecular flexibility index (Phi) is 7.14. The van der Waals surface area contributed by atoms with Gasteiger partial charge in [-0.2, -0.15) is 8.62 Å². The van der Waals surface area contributed by atoms with E-state index in [-0.39, 0.29) is 0 Å². The van der Waals surface area contributed by atoms with Gasteiger partial charge < -0.3 is 44.4 Å². The number of anilines is 1. The van der Waals surface area contributed by atoms with Crippen LogP contribution >= 0.6 is 23.5 Å². The summed E-state index contributed by atoms with van der Waals surface area (Å²) in [5, 5.41) is 25.9. The predicted octanol–water partition coefficient (Wildman–Crippen LogP) is 1.38. The summed E-state index contributed by atoms with van der Waals surface area (Å²) in [6.07, 6.45) is -1.50. The minimum Gasteiger partial charge on any atom is -0.387 e. The van der Waals surface area contributed by atoms with E-state index < -0.39 is 54.1 Å². The van der Waals surface area contributed by atoms with Crippen LogP contribution in [0, 0.1) is 0 Å². The van der Waals surface area contributed by atoms with Crippen molar-refractivity contribution in [2.45, 2.75) is 37.5 Å². The van der Waals surface area contributed by atoms with Crippen molar-refractivity contribution < 1.29 is 61.4 Å². The second kappa shape index (κ2) is 9.79. The maximum absolute atomic E-state index is 12.1. The summed E-state index contributed by atoms with van der Waals surface area (Å²) in [5.74, 6) is 0.535. The number of aromatic nitrogens is 3. The number of phosphoric ester groups is 1. The first kappa shape index (κ1) is 28.5. The molecule has 17 nitrogen and oxygen atoms in total. The molecular formula is C19H23N4O13P3. The van der Waals surface area contributed by atoms with Crippen molar-refractivity contribution in [3.8, 4) is 11.1 Å². The van der Waals surface area contributed by atoms with Crippen molar-refractivity contribution >= 4 is 40.3 Å². The van der Waals surface area contributed by atoms with Gasteiger partial charge in [-0.3, -0.25) is 4.52 Å². The van der Waals surface area contributed by atoms with E-state index in [1.165, 1.54) is 17.8 Å². The van der Waals surface area contributed by atoms with Crippen molar-refractivity contribution in [1.29, 1.82) is 0 Å². The highest BCUT2D eigenvalue weighted by molar-refractivity contribution is 7.66. The van der Waals surface area contributed by atoms with Gasteiger partial charge in [0.05, 0.1) is 12.0 Å². The maximum Gasteiger partial charge on any atom is 0.490 e. The first-order valence-electron chi connectivity index (χ1n) is 11.1. The van der Waals surface area contributed by atoms with Gasteiger partial charge in [0.2, 0.25) is 0 Å². The molecule has 3 aromatic rings. The Balaban J connectivity index is 1.42. The average Bonchev–Trinajstić information content (AvgIpc) is 3.23. The predicted molar refractivity (Wildman–Crippen MR) is 131 cm³/mol. The number of nitrogens with zero attached hydrogens (tertiary/aromatic N) is 3. The molecule has 2 unspecified atom stereocenters. The Morgan fingerprint density at radius 3 is 2.54 bits per heavy atom. The molecule has 212 valence electrons. The third kappa shape index (κ3) is 5.60. The number of aliphatic hydroxyl groups is 2. The van der Waals surface area contributed by atoms with Crippen molar-refractivity contribution in [3.05, 3.63) is 42.4 Å². The van der Waals surface area contributed by atoms with Crippen LogP contribution < -0.4 is 5.32 Å². The van der Waals surface area contributed by atoms with E-state index in [0.717, 1.165) is 16.7 Å². The lowest BCUT2D eigenvalue weighted by Gasteiger charge is -2.27. The highest BCUT2D eigenvalue weighted by atomic mass is 31.3. The standard InChI is InChI=1S/C19H23N4O13P3/c1-19(25)15(24)13(8-33-38(29,30)36-39(31,32)35-37(26,27)28)34-18(19)23-7-12-11-5-3-2-4-10(11)6-20-16-14(12)17(23)22-9-21-16/h2-5,7,9,13,15,18,24-25H,6,8H2,1H3,(H,29,30)(H,31,32)(H,20,21,22)(H2,26,27,28)/t13-,15-,18-,19-/m1/s1. The van der Waals surface area contributed by atoms with Crippen molar-refractivity contribution in [1.82, 2.24) is 14.5 Å². The monoisotopic (exact) mass is 608 g/mol. The van der Waals surface area contributed by atoms with Gasteiger partial charge in [0.1, 0.15) is 35.6 Å². The van der Waals surface area contributed by atoms with E-state index in [0.29, 0.717) is 23.4 Å². The summed E-state index contributed by atoms with van der Waals surface area (Å²) in [5.41, 5.74) is 0.930. The Morgan fingerprint density at radius 2 is 1.82 bits per heavy atom. The summed E-state index contributed by atoms with van der Waals surface area (Å²) in [6, 6.07) is 7.60. The molecule has 5 rings (SSSR count). The highest BCUT2D eigenvalue weighted by Gasteiger charge is 2.54. The van der Waals surface area contributed by atoms with Gasteiger partial charge in [0, 0.05) is 18.3 Å². The fourth-order valence-electron chi connectivity index (χ4n) is 4.57. The summed E-state index contributed by atoms with van der Waals surface area (Å²) in [6.45, 7) is 0.822. The molecule has 0 saturated carbocycles. The van der Waals surface area contributed by atoms with Gasteiger partial charge in [0.25, 0.3) is 0 Å². The van der Waals surface area contributed by atoms with Gasteiger partial charge in [-0.1, -0.05) is 24.3 Å². The van der Waals surface area contributed by atoms with Crippen LogP contribution in [0.3, 0.4) is 0 Å². The van der Waals surface area contributed by atoms with Crippen LogP contribution in [0.15, 0.2) is 36.8 Å². The van der Waals surface area contributed by atoms with Crippen LogP contribution in [0.1, 0.15) is 18.7 Å². The van der Waals surface area contributed by atoms with Crippen LogP contribution in [-0.2, 0) is 38.1 Å². The third-order valence-corrected chi connectivity index (χ3v) is 9.99. The third-order valence-electron chi connectivity index (χ3n) is 6.19. The number of hydrogen-bond donors (Lipinski definition) is 7. The smallest absolute Gasteiger partial charge is 0.387 e. The van der Waals surface area contributed by atoms with Crippen LogP contribution in [0.2, 0.25) is 0 Å². The zero-order valence-electron chi connectivity index (χ0n) is 19.8. The van der Waals surface area contributed by atoms with Crippen LogP contribution in [0.4, 0.5) is 5.82 Å².